The molecule has 0 atom stereocenters. The van der Waals surface area contributed by atoms with E-state index < -0.39 is 0 Å². The SMILES string of the molecule is CNc1sc2c(c1C(=O)OCCCN(C)C)CCN(C)C2. The first kappa shape index (κ1) is 16.3. The van der Waals surface area contributed by atoms with Crippen molar-refractivity contribution in [1.82, 2.24) is 9.80 Å². The Hall–Kier alpha value is -1.11. The van der Waals surface area contributed by atoms with E-state index in [4.69, 9.17) is 4.74 Å². The molecule has 0 saturated heterocycles. The van der Waals surface area contributed by atoms with Gasteiger partial charge in [-0.3, -0.25) is 0 Å². The topological polar surface area (TPSA) is 44.8 Å². The molecule has 1 N–H and O–H groups in total. The molecule has 1 aromatic heterocycles. The van der Waals surface area contributed by atoms with E-state index >= 15 is 0 Å². The van der Waals surface area contributed by atoms with Crippen LogP contribution in [0, 0.1) is 0 Å². The normalized spacial score (nSPS) is 15.1. The monoisotopic (exact) mass is 311 g/mol. The molecule has 1 aliphatic heterocycles. The van der Waals surface area contributed by atoms with Gasteiger partial charge in [0, 0.05) is 31.6 Å². The van der Waals surface area contributed by atoms with Gasteiger partial charge in [0.2, 0.25) is 0 Å². The highest BCUT2D eigenvalue weighted by Crippen LogP contribution is 2.36. The first-order valence-corrected chi connectivity index (χ1v) is 8.17. The van der Waals surface area contributed by atoms with E-state index in [1.165, 1.54) is 10.4 Å². The van der Waals surface area contributed by atoms with Gasteiger partial charge in [-0.15, -0.1) is 11.3 Å². The summed E-state index contributed by atoms with van der Waals surface area (Å²) in [7, 11) is 8.02. The molecule has 0 bridgehead atoms. The minimum Gasteiger partial charge on any atom is -0.462 e. The number of hydrogen-bond acceptors (Lipinski definition) is 6. The van der Waals surface area contributed by atoms with Gasteiger partial charge < -0.3 is 19.9 Å². The van der Waals surface area contributed by atoms with Crippen LogP contribution in [0.3, 0.4) is 0 Å². The summed E-state index contributed by atoms with van der Waals surface area (Å²) in [6.07, 6.45) is 1.79. The first-order chi connectivity index (χ1) is 10.0. The van der Waals surface area contributed by atoms with Crippen molar-refractivity contribution in [3.63, 3.8) is 0 Å². The lowest BCUT2D eigenvalue weighted by atomic mass is 10.0. The molecule has 0 amide bonds. The van der Waals surface area contributed by atoms with Gasteiger partial charge >= 0.3 is 5.97 Å². The molecule has 118 valence electrons. The van der Waals surface area contributed by atoms with E-state index in [-0.39, 0.29) is 5.97 Å². The van der Waals surface area contributed by atoms with E-state index in [1.807, 2.05) is 21.1 Å². The molecule has 0 aliphatic carbocycles. The average molecular weight is 311 g/mol. The van der Waals surface area contributed by atoms with Gasteiger partial charge in [0.1, 0.15) is 5.00 Å². The number of nitrogens with zero attached hydrogens (tertiary/aromatic N) is 2. The highest BCUT2D eigenvalue weighted by molar-refractivity contribution is 7.16. The zero-order chi connectivity index (χ0) is 15.4. The quantitative estimate of drug-likeness (QED) is 0.642. The molecule has 5 nitrogen and oxygen atoms in total. The van der Waals surface area contributed by atoms with Crippen LogP contribution in [-0.2, 0) is 17.7 Å². The van der Waals surface area contributed by atoms with Crippen LogP contribution in [0.25, 0.3) is 0 Å². The number of ether oxygens (including phenoxy) is 1. The number of esters is 1. The molecule has 21 heavy (non-hydrogen) atoms. The van der Waals surface area contributed by atoms with Crippen LogP contribution in [0.4, 0.5) is 5.00 Å². The smallest absolute Gasteiger partial charge is 0.341 e. The number of nitrogens with one attached hydrogen (secondary N) is 1. The Balaban J connectivity index is 2.06. The van der Waals surface area contributed by atoms with Gasteiger partial charge in [0.05, 0.1) is 12.2 Å². The number of fused-ring (bicyclic) bond motifs is 1. The summed E-state index contributed by atoms with van der Waals surface area (Å²) in [5.74, 6) is -0.180. The summed E-state index contributed by atoms with van der Waals surface area (Å²) in [5.41, 5.74) is 1.94. The van der Waals surface area contributed by atoms with E-state index in [1.54, 1.807) is 11.3 Å². The van der Waals surface area contributed by atoms with Crippen molar-refractivity contribution in [2.24, 2.45) is 0 Å². The third-order valence-electron chi connectivity index (χ3n) is 3.66. The van der Waals surface area contributed by atoms with Gasteiger partial charge in [-0.2, -0.15) is 0 Å². The summed E-state index contributed by atoms with van der Waals surface area (Å²) in [6, 6.07) is 0. The molecular weight excluding hydrogens is 286 g/mol. The van der Waals surface area contributed by atoms with Gasteiger partial charge in [-0.25, -0.2) is 4.79 Å². The largest absolute Gasteiger partial charge is 0.462 e. The van der Waals surface area contributed by atoms with E-state index in [9.17, 15) is 4.79 Å². The number of thiophene rings is 1. The van der Waals surface area contributed by atoms with Crippen LogP contribution in [0.2, 0.25) is 0 Å². The molecule has 1 aliphatic rings. The van der Waals surface area contributed by atoms with Crippen LogP contribution >= 0.6 is 11.3 Å². The Morgan fingerprint density at radius 3 is 2.90 bits per heavy atom. The summed E-state index contributed by atoms with van der Waals surface area (Å²) >= 11 is 1.68. The minimum absolute atomic E-state index is 0.180. The van der Waals surface area contributed by atoms with Crippen LogP contribution in [0.1, 0.15) is 27.2 Å². The Kier molecular flexibility index (Phi) is 5.61. The fraction of sp³-hybridized carbons (Fsp3) is 0.667. The van der Waals surface area contributed by atoms with Crippen molar-refractivity contribution in [3.8, 4) is 0 Å². The number of anilines is 1. The predicted molar refractivity (Wildman–Crippen MR) is 87.4 cm³/mol. The number of hydrogen-bond donors (Lipinski definition) is 1. The van der Waals surface area contributed by atoms with Crippen molar-refractivity contribution in [2.45, 2.75) is 19.4 Å². The van der Waals surface area contributed by atoms with Gasteiger partial charge in [0.25, 0.3) is 0 Å². The molecule has 0 fully saturated rings. The Bertz CT molecular complexity index is 499. The van der Waals surface area contributed by atoms with Crippen molar-refractivity contribution >= 4 is 22.3 Å². The van der Waals surface area contributed by atoms with Crippen molar-refractivity contribution in [1.29, 1.82) is 0 Å². The third kappa shape index (κ3) is 3.96. The Labute approximate surface area is 130 Å². The zero-order valence-electron chi connectivity index (χ0n) is 13.4. The molecule has 2 rings (SSSR count). The highest BCUT2D eigenvalue weighted by Gasteiger charge is 2.27. The second kappa shape index (κ2) is 7.24. The summed E-state index contributed by atoms with van der Waals surface area (Å²) < 4.78 is 5.46. The van der Waals surface area contributed by atoms with E-state index in [0.29, 0.717) is 6.61 Å². The lowest BCUT2D eigenvalue weighted by Crippen LogP contribution is -2.26. The van der Waals surface area contributed by atoms with Crippen LogP contribution < -0.4 is 5.32 Å². The number of likely N-dealkylation sites (N-methyl/N-ethyl adjacent to an activating group) is 1. The minimum atomic E-state index is -0.180. The van der Waals surface area contributed by atoms with Crippen LogP contribution in [0.15, 0.2) is 0 Å². The maximum absolute atomic E-state index is 12.4. The second-order valence-corrected chi connectivity index (χ2v) is 6.84. The third-order valence-corrected chi connectivity index (χ3v) is 4.90. The van der Waals surface area contributed by atoms with Gasteiger partial charge in [-0.05, 0) is 39.5 Å². The summed E-state index contributed by atoms with van der Waals surface area (Å²) in [6.45, 7) is 3.32. The molecule has 0 unspecified atom stereocenters. The standard InChI is InChI=1S/C15H25N3O2S/c1-16-14-13(15(19)20-9-5-7-17(2)3)11-6-8-18(4)10-12(11)21-14/h16H,5-10H2,1-4H3. The lowest BCUT2D eigenvalue weighted by molar-refractivity contribution is 0.0493. The molecular formula is C15H25N3O2S. The first-order valence-electron chi connectivity index (χ1n) is 7.35. The van der Waals surface area contributed by atoms with E-state index in [0.717, 1.165) is 43.0 Å². The fourth-order valence-corrected chi connectivity index (χ4v) is 3.81. The van der Waals surface area contributed by atoms with Crippen LogP contribution in [-0.4, -0.2) is 63.7 Å². The van der Waals surface area contributed by atoms with Crippen molar-refractivity contribution in [3.05, 3.63) is 16.0 Å². The highest BCUT2D eigenvalue weighted by atomic mass is 32.1. The number of carbonyl (C=O) groups is 1. The van der Waals surface area contributed by atoms with E-state index in [2.05, 4.69) is 22.2 Å². The maximum Gasteiger partial charge on any atom is 0.341 e. The Morgan fingerprint density at radius 1 is 1.48 bits per heavy atom. The second-order valence-electron chi connectivity index (χ2n) is 5.74. The zero-order valence-corrected chi connectivity index (χ0v) is 14.2. The molecule has 0 radical (unpaired) electrons. The maximum atomic E-state index is 12.4. The molecule has 1 aromatic rings. The number of carbonyl (C=O) groups excluding carboxylic acids is 1. The van der Waals surface area contributed by atoms with Crippen molar-refractivity contribution < 1.29 is 9.53 Å². The molecule has 2 heterocycles. The van der Waals surface area contributed by atoms with Crippen molar-refractivity contribution in [2.75, 3.05) is 53.2 Å². The van der Waals surface area contributed by atoms with Gasteiger partial charge in [0.15, 0.2) is 0 Å². The Morgan fingerprint density at radius 2 is 2.24 bits per heavy atom. The number of rotatable bonds is 6. The fourth-order valence-electron chi connectivity index (χ4n) is 2.54. The lowest BCUT2D eigenvalue weighted by Gasteiger charge is -2.22. The summed E-state index contributed by atoms with van der Waals surface area (Å²) in [4.78, 5) is 18.1. The molecule has 0 saturated carbocycles. The predicted octanol–water partition coefficient (Wildman–Crippen LogP) is 1.89. The average Bonchev–Trinajstić information content (AvgIpc) is 2.80. The molecule has 0 aromatic carbocycles. The van der Waals surface area contributed by atoms with Crippen LogP contribution in [0.5, 0.6) is 0 Å². The summed E-state index contributed by atoms with van der Waals surface area (Å²) in [5, 5.41) is 4.09. The molecule has 0 spiro atoms. The van der Waals surface area contributed by atoms with Gasteiger partial charge in [-0.1, -0.05) is 0 Å². The molecule has 6 heteroatoms.